The summed E-state index contributed by atoms with van der Waals surface area (Å²) in [6.07, 6.45) is 4.29. The quantitative estimate of drug-likeness (QED) is 0.879. The molecule has 3 rings (SSSR count). The van der Waals surface area contributed by atoms with Crippen LogP contribution in [0.2, 0.25) is 0 Å². The summed E-state index contributed by atoms with van der Waals surface area (Å²) in [5, 5.41) is 2.78. The van der Waals surface area contributed by atoms with Crippen LogP contribution >= 0.6 is 0 Å². The van der Waals surface area contributed by atoms with E-state index in [4.69, 9.17) is 0 Å². The monoisotopic (exact) mass is 337 g/mol. The maximum Gasteiger partial charge on any atom is 0.242 e. The summed E-state index contributed by atoms with van der Waals surface area (Å²) in [5.74, 6) is 0.128. The van der Waals surface area contributed by atoms with Gasteiger partial charge in [0.05, 0.1) is 6.54 Å². The van der Waals surface area contributed by atoms with Crippen molar-refractivity contribution in [1.82, 2.24) is 15.2 Å². The van der Waals surface area contributed by atoms with E-state index in [1.807, 2.05) is 24.3 Å². The molecule has 1 saturated carbocycles. The van der Waals surface area contributed by atoms with E-state index in [2.05, 4.69) is 29.4 Å². The predicted octanol–water partition coefficient (Wildman–Crippen LogP) is 2.27. The number of hydrogen-bond acceptors (Lipinski definition) is 3. The molecule has 0 aliphatic heterocycles. The van der Waals surface area contributed by atoms with Crippen molar-refractivity contribution < 1.29 is 9.59 Å². The molecule has 0 saturated heterocycles. The fourth-order valence-corrected chi connectivity index (χ4v) is 3.11. The number of hydrogen-bond donors (Lipinski definition) is 1. The van der Waals surface area contributed by atoms with Crippen molar-refractivity contribution in [2.75, 3.05) is 13.6 Å². The van der Waals surface area contributed by atoms with E-state index >= 15 is 0 Å². The maximum atomic E-state index is 12.3. The Bertz CT molecular complexity index is 761. The second-order valence-electron chi connectivity index (χ2n) is 6.63. The Morgan fingerprint density at radius 2 is 2.04 bits per heavy atom. The fourth-order valence-electron chi connectivity index (χ4n) is 3.11. The minimum absolute atomic E-state index is 0.0162. The van der Waals surface area contributed by atoms with Crippen LogP contribution in [0, 0.1) is 12.8 Å². The van der Waals surface area contributed by atoms with Gasteiger partial charge in [-0.05, 0) is 42.0 Å². The summed E-state index contributed by atoms with van der Waals surface area (Å²) in [4.78, 5) is 30.1. The van der Waals surface area contributed by atoms with Gasteiger partial charge in [0, 0.05) is 31.9 Å². The van der Waals surface area contributed by atoms with Crippen molar-refractivity contribution >= 4 is 11.8 Å². The molecule has 0 bridgehead atoms. The van der Waals surface area contributed by atoms with Gasteiger partial charge in [-0.15, -0.1) is 0 Å². The second kappa shape index (κ2) is 7.47. The Kier molecular flexibility index (Phi) is 5.12. The average molecular weight is 337 g/mol. The largest absolute Gasteiger partial charge is 0.347 e. The molecule has 1 aromatic heterocycles. The molecule has 0 unspecified atom stereocenters. The van der Waals surface area contributed by atoms with Crippen LogP contribution in [0.1, 0.15) is 29.0 Å². The van der Waals surface area contributed by atoms with Crippen molar-refractivity contribution in [3.05, 3.63) is 65.5 Å². The molecule has 1 aliphatic carbocycles. The standard InChI is InChI=1S/C20H23N3O2/c1-14-6-3-4-8-16(14)17-10-18(17)20(25)22-12-19(24)23(2)13-15-7-5-9-21-11-15/h3-9,11,17-18H,10,12-13H2,1-2H3,(H,22,25)/t17-,18-/m0/s1. The van der Waals surface area contributed by atoms with Crippen molar-refractivity contribution in [2.24, 2.45) is 5.92 Å². The first-order chi connectivity index (χ1) is 12.1. The van der Waals surface area contributed by atoms with E-state index in [0.717, 1.165) is 12.0 Å². The summed E-state index contributed by atoms with van der Waals surface area (Å²) in [6.45, 7) is 2.59. The summed E-state index contributed by atoms with van der Waals surface area (Å²) >= 11 is 0. The van der Waals surface area contributed by atoms with Crippen LogP contribution in [-0.4, -0.2) is 35.3 Å². The first-order valence-corrected chi connectivity index (χ1v) is 8.52. The number of aromatic nitrogens is 1. The van der Waals surface area contributed by atoms with Gasteiger partial charge in [0.1, 0.15) is 0 Å². The number of nitrogens with zero attached hydrogens (tertiary/aromatic N) is 2. The van der Waals surface area contributed by atoms with E-state index in [1.54, 1.807) is 24.3 Å². The summed E-state index contributed by atoms with van der Waals surface area (Å²) in [7, 11) is 1.73. The Morgan fingerprint density at radius 1 is 1.24 bits per heavy atom. The van der Waals surface area contributed by atoms with Crippen LogP contribution in [0.4, 0.5) is 0 Å². The van der Waals surface area contributed by atoms with Crippen LogP contribution in [0.15, 0.2) is 48.8 Å². The molecule has 1 aromatic carbocycles. The summed E-state index contributed by atoms with van der Waals surface area (Å²) in [5.41, 5.74) is 3.42. The molecule has 130 valence electrons. The lowest BCUT2D eigenvalue weighted by Crippen LogP contribution is -2.38. The second-order valence-corrected chi connectivity index (χ2v) is 6.63. The first-order valence-electron chi connectivity index (χ1n) is 8.52. The number of nitrogens with one attached hydrogen (secondary N) is 1. The lowest BCUT2D eigenvalue weighted by Gasteiger charge is -2.17. The van der Waals surface area contributed by atoms with Gasteiger partial charge in [-0.2, -0.15) is 0 Å². The van der Waals surface area contributed by atoms with Gasteiger partial charge < -0.3 is 10.2 Å². The third-order valence-corrected chi connectivity index (χ3v) is 4.70. The molecule has 1 aliphatic rings. The van der Waals surface area contributed by atoms with E-state index < -0.39 is 0 Å². The molecule has 0 radical (unpaired) electrons. The molecule has 1 fully saturated rings. The molecule has 5 nitrogen and oxygen atoms in total. The zero-order chi connectivity index (χ0) is 17.8. The molecule has 2 atom stereocenters. The van der Waals surface area contributed by atoms with E-state index in [1.165, 1.54) is 11.1 Å². The lowest BCUT2D eigenvalue weighted by molar-refractivity contribution is -0.132. The maximum absolute atomic E-state index is 12.3. The number of rotatable bonds is 6. The highest BCUT2D eigenvalue weighted by molar-refractivity contribution is 5.88. The van der Waals surface area contributed by atoms with Gasteiger partial charge >= 0.3 is 0 Å². The van der Waals surface area contributed by atoms with E-state index in [0.29, 0.717) is 6.54 Å². The zero-order valence-electron chi connectivity index (χ0n) is 14.6. The third kappa shape index (κ3) is 4.24. The van der Waals surface area contributed by atoms with Gasteiger partial charge in [0.25, 0.3) is 0 Å². The summed E-state index contributed by atoms with van der Waals surface area (Å²) in [6, 6.07) is 11.9. The third-order valence-electron chi connectivity index (χ3n) is 4.70. The van der Waals surface area contributed by atoms with Gasteiger partial charge in [-0.3, -0.25) is 14.6 Å². The number of benzene rings is 1. The summed E-state index contributed by atoms with van der Waals surface area (Å²) < 4.78 is 0. The smallest absolute Gasteiger partial charge is 0.242 e. The van der Waals surface area contributed by atoms with Crippen LogP contribution < -0.4 is 5.32 Å². The Hall–Kier alpha value is -2.69. The number of amides is 2. The minimum atomic E-state index is -0.106. The molecule has 1 heterocycles. The molecule has 25 heavy (non-hydrogen) atoms. The topological polar surface area (TPSA) is 62.3 Å². The Balaban J connectivity index is 1.46. The van der Waals surface area contributed by atoms with Crippen LogP contribution in [0.3, 0.4) is 0 Å². The van der Waals surface area contributed by atoms with Crippen LogP contribution in [-0.2, 0) is 16.1 Å². The molecule has 0 spiro atoms. The van der Waals surface area contributed by atoms with Crippen LogP contribution in [0.25, 0.3) is 0 Å². The number of likely N-dealkylation sites (N-methyl/N-ethyl adjacent to an activating group) is 1. The first kappa shape index (κ1) is 17.1. The van der Waals surface area contributed by atoms with Crippen LogP contribution in [0.5, 0.6) is 0 Å². The molecular weight excluding hydrogens is 314 g/mol. The highest BCUT2D eigenvalue weighted by Gasteiger charge is 2.44. The van der Waals surface area contributed by atoms with Gasteiger partial charge in [0.2, 0.25) is 11.8 Å². The SMILES string of the molecule is Cc1ccccc1[C@@H]1C[C@@H]1C(=O)NCC(=O)N(C)Cc1cccnc1. The van der Waals surface area contributed by atoms with Crippen molar-refractivity contribution in [1.29, 1.82) is 0 Å². The minimum Gasteiger partial charge on any atom is -0.347 e. The highest BCUT2D eigenvalue weighted by atomic mass is 16.2. The molecule has 2 aromatic rings. The molecule has 2 amide bonds. The van der Waals surface area contributed by atoms with Crippen molar-refractivity contribution in [2.45, 2.75) is 25.8 Å². The number of carbonyl (C=O) groups is 2. The predicted molar refractivity (Wildman–Crippen MR) is 95.7 cm³/mol. The fraction of sp³-hybridized carbons (Fsp3) is 0.350. The van der Waals surface area contributed by atoms with Crippen molar-refractivity contribution in [3.8, 4) is 0 Å². The molecular formula is C20H23N3O2. The lowest BCUT2D eigenvalue weighted by atomic mass is 10.0. The van der Waals surface area contributed by atoms with Gasteiger partial charge in [0.15, 0.2) is 0 Å². The Morgan fingerprint density at radius 3 is 2.76 bits per heavy atom. The Labute approximate surface area is 148 Å². The molecule has 1 N–H and O–H groups in total. The molecule has 5 heteroatoms. The van der Waals surface area contributed by atoms with Gasteiger partial charge in [-0.1, -0.05) is 30.3 Å². The normalized spacial score (nSPS) is 18.5. The zero-order valence-corrected chi connectivity index (χ0v) is 14.6. The van der Waals surface area contributed by atoms with E-state index in [-0.39, 0.29) is 30.2 Å². The average Bonchev–Trinajstić information content (AvgIpc) is 3.41. The number of pyridine rings is 1. The number of aryl methyl sites for hydroxylation is 1. The van der Waals surface area contributed by atoms with Gasteiger partial charge in [-0.25, -0.2) is 0 Å². The highest BCUT2D eigenvalue weighted by Crippen LogP contribution is 2.48. The number of carbonyl (C=O) groups excluding carboxylic acids is 2. The van der Waals surface area contributed by atoms with Crippen molar-refractivity contribution in [3.63, 3.8) is 0 Å². The van der Waals surface area contributed by atoms with E-state index in [9.17, 15) is 9.59 Å².